The standard InChI is InChI=1S/C16H30N4/c1-4-20-10-6-8-15(20)12-19(3)14-7-5-9-16(11-14,13-17)18-2/h14-15,18H,4-12H2,1-3H3. The zero-order valence-corrected chi connectivity index (χ0v) is 13.4. The Labute approximate surface area is 124 Å². The second-order valence-corrected chi connectivity index (χ2v) is 6.56. The van der Waals surface area contributed by atoms with E-state index in [9.17, 15) is 5.26 Å². The van der Waals surface area contributed by atoms with Crippen LogP contribution in [0.25, 0.3) is 0 Å². The molecule has 1 saturated carbocycles. The second kappa shape index (κ2) is 6.89. The van der Waals surface area contributed by atoms with Gasteiger partial charge in [-0.15, -0.1) is 0 Å². The van der Waals surface area contributed by atoms with Crippen molar-refractivity contribution in [2.75, 3.05) is 33.7 Å². The first-order valence-electron chi connectivity index (χ1n) is 8.18. The first-order chi connectivity index (χ1) is 9.64. The number of nitriles is 1. The number of likely N-dealkylation sites (tertiary alicyclic amines) is 1. The zero-order valence-electron chi connectivity index (χ0n) is 13.4. The number of nitrogens with zero attached hydrogens (tertiary/aromatic N) is 3. The van der Waals surface area contributed by atoms with Crippen molar-refractivity contribution in [1.82, 2.24) is 15.1 Å². The van der Waals surface area contributed by atoms with E-state index in [1.165, 1.54) is 32.4 Å². The molecule has 4 nitrogen and oxygen atoms in total. The summed E-state index contributed by atoms with van der Waals surface area (Å²) in [6.07, 6.45) is 7.03. The summed E-state index contributed by atoms with van der Waals surface area (Å²) in [5.41, 5.74) is -0.294. The molecular formula is C16H30N4. The largest absolute Gasteiger partial charge is 0.302 e. The minimum absolute atomic E-state index is 0.294. The van der Waals surface area contributed by atoms with Gasteiger partial charge < -0.3 is 10.2 Å². The van der Waals surface area contributed by atoms with Crippen LogP contribution in [0.15, 0.2) is 0 Å². The van der Waals surface area contributed by atoms with Crippen LogP contribution in [0, 0.1) is 11.3 Å². The van der Waals surface area contributed by atoms with E-state index in [0.717, 1.165) is 31.8 Å². The fraction of sp³-hybridized carbons (Fsp3) is 0.938. The Hall–Kier alpha value is -0.630. The molecule has 2 aliphatic rings. The van der Waals surface area contributed by atoms with Gasteiger partial charge in [-0.25, -0.2) is 0 Å². The zero-order chi connectivity index (χ0) is 14.6. The highest BCUT2D eigenvalue weighted by Gasteiger charge is 2.37. The molecule has 114 valence electrons. The van der Waals surface area contributed by atoms with Crippen LogP contribution in [0.1, 0.15) is 45.4 Å². The molecule has 1 aliphatic carbocycles. The Morgan fingerprint density at radius 2 is 2.20 bits per heavy atom. The molecule has 3 unspecified atom stereocenters. The minimum Gasteiger partial charge on any atom is -0.302 e. The van der Waals surface area contributed by atoms with E-state index in [1.807, 2.05) is 7.05 Å². The second-order valence-electron chi connectivity index (χ2n) is 6.56. The summed E-state index contributed by atoms with van der Waals surface area (Å²) in [7, 11) is 4.18. The maximum atomic E-state index is 9.47. The Morgan fingerprint density at radius 1 is 1.40 bits per heavy atom. The Morgan fingerprint density at radius 3 is 2.85 bits per heavy atom. The molecule has 0 aromatic rings. The molecule has 0 radical (unpaired) electrons. The average molecular weight is 278 g/mol. The van der Waals surface area contributed by atoms with Crippen LogP contribution in [0.3, 0.4) is 0 Å². The van der Waals surface area contributed by atoms with Crippen molar-refractivity contribution in [2.45, 2.75) is 63.1 Å². The van der Waals surface area contributed by atoms with Crippen molar-refractivity contribution in [3.63, 3.8) is 0 Å². The van der Waals surface area contributed by atoms with Crippen molar-refractivity contribution in [3.8, 4) is 6.07 Å². The van der Waals surface area contributed by atoms with Gasteiger partial charge in [0.2, 0.25) is 0 Å². The minimum atomic E-state index is -0.294. The third-order valence-corrected chi connectivity index (χ3v) is 5.44. The molecule has 4 heteroatoms. The maximum absolute atomic E-state index is 9.47. The van der Waals surface area contributed by atoms with Gasteiger partial charge in [-0.2, -0.15) is 5.26 Å². The summed E-state index contributed by atoms with van der Waals surface area (Å²) >= 11 is 0. The Kier molecular flexibility index (Phi) is 5.42. The summed E-state index contributed by atoms with van der Waals surface area (Å²) < 4.78 is 0. The van der Waals surface area contributed by atoms with Crippen LogP contribution in [-0.2, 0) is 0 Å². The lowest BCUT2D eigenvalue weighted by Gasteiger charge is -2.41. The molecular weight excluding hydrogens is 248 g/mol. The van der Waals surface area contributed by atoms with Gasteiger partial charge in [0.05, 0.1) is 6.07 Å². The van der Waals surface area contributed by atoms with Crippen LogP contribution in [-0.4, -0.2) is 61.2 Å². The lowest BCUT2D eigenvalue weighted by Crippen LogP contribution is -2.52. The molecule has 0 amide bonds. The average Bonchev–Trinajstić information content (AvgIpc) is 2.94. The summed E-state index contributed by atoms with van der Waals surface area (Å²) in [6.45, 7) is 5.85. The van der Waals surface area contributed by atoms with E-state index in [0.29, 0.717) is 6.04 Å². The first-order valence-corrected chi connectivity index (χ1v) is 8.18. The molecule has 2 fully saturated rings. The van der Waals surface area contributed by atoms with Gasteiger partial charge in [-0.1, -0.05) is 6.92 Å². The van der Waals surface area contributed by atoms with Gasteiger partial charge in [-0.3, -0.25) is 4.90 Å². The van der Waals surface area contributed by atoms with Gasteiger partial charge >= 0.3 is 0 Å². The molecule has 0 bridgehead atoms. The fourth-order valence-corrected chi connectivity index (χ4v) is 4.01. The molecule has 2 rings (SSSR count). The van der Waals surface area contributed by atoms with E-state index in [-0.39, 0.29) is 5.54 Å². The fourth-order valence-electron chi connectivity index (χ4n) is 4.01. The summed E-state index contributed by atoms with van der Waals surface area (Å²) in [5, 5.41) is 12.7. The van der Waals surface area contributed by atoms with Gasteiger partial charge in [0.25, 0.3) is 0 Å². The number of rotatable bonds is 5. The van der Waals surface area contributed by atoms with E-state index in [4.69, 9.17) is 0 Å². The molecule has 1 aliphatic heterocycles. The molecule has 0 aromatic carbocycles. The highest BCUT2D eigenvalue weighted by atomic mass is 15.2. The number of nitrogens with one attached hydrogen (secondary N) is 1. The van der Waals surface area contributed by atoms with Crippen LogP contribution >= 0.6 is 0 Å². The summed E-state index contributed by atoms with van der Waals surface area (Å²) in [4.78, 5) is 5.12. The topological polar surface area (TPSA) is 42.3 Å². The van der Waals surface area contributed by atoms with Gasteiger partial charge in [-0.05, 0) is 65.7 Å². The smallest absolute Gasteiger partial charge is 0.108 e. The van der Waals surface area contributed by atoms with Crippen molar-refractivity contribution in [2.24, 2.45) is 0 Å². The quantitative estimate of drug-likeness (QED) is 0.833. The van der Waals surface area contributed by atoms with Gasteiger partial charge in [0.1, 0.15) is 5.54 Å². The molecule has 0 aromatic heterocycles. The number of hydrogen-bond acceptors (Lipinski definition) is 4. The number of hydrogen-bond donors (Lipinski definition) is 1. The van der Waals surface area contributed by atoms with Crippen LogP contribution in [0.5, 0.6) is 0 Å². The van der Waals surface area contributed by atoms with Crippen molar-refractivity contribution < 1.29 is 0 Å². The van der Waals surface area contributed by atoms with Crippen molar-refractivity contribution >= 4 is 0 Å². The lowest BCUT2D eigenvalue weighted by molar-refractivity contribution is 0.115. The molecule has 0 spiro atoms. The third-order valence-electron chi connectivity index (χ3n) is 5.44. The lowest BCUT2D eigenvalue weighted by atomic mass is 9.79. The van der Waals surface area contributed by atoms with Crippen LogP contribution in [0.4, 0.5) is 0 Å². The van der Waals surface area contributed by atoms with E-state index in [2.05, 4.69) is 35.2 Å². The molecule has 3 atom stereocenters. The predicted molar refractivity (Wildman–Crippen MR) is 82.6 cm³/mol. The number of likely N-dealkylation sites (N-methyl/N-ethyl adjacent to an activating group) is 2. The maximum Gasteiger partial charge on any atom is 0.108 e. The monoisotopic (exact) mass is 278 g/mol. The normalized spacial score (nSPS) is 35.4. The molecule has 1 N–H and O–H groups in total. The van der Waals surface area contributed by atoms with E-state index in [1.54, 1.807) is 0 Å². The van der Waals surface area contributed by atoms with Gasteiger partial charge in [0.15, 0.2) is 0 Å². The Balaban J connectivity index is 1.92. The Bertz CT molecular complexity index is 351. The van der Waals surface area contributed by atoms with Crippen molar-refractivity contribution in [3.05, 3.63) is 0 Å². The van der Waals surface area contributed by atoms with Crippen molar-refractivity contribution in [1.29, 1.82) is 5.26 Å². The molecule has 20 heavy (non-hydrogen) atoms. The molecule has 1 saturated heterocycles. The summed E-state index contributed by atoms with van der Waals surface area (Å²) in [5.74, 6) is 0. The summed E-state index contributed by atoms with van der Waals surface area (Å²) in [6, 6.07) is 3.79. The van der Waals surface area contributed by atoms with Gasteiger partial charge in [0, 0.05) is 18.6 Å². The highest BCUT2D eigenvalue weighted by Crippen LogP contribution is 2.31. The van der Waals surface area contributed by atoms with Crippen LogP contribution in [0.2, 0.25) is 0 Å². The third kappa shape index (κ3) is 3.33. The van der Waals surface area contributed by atoms with E-state index >= 15 is 0 Å². The predicted octanol–water partition coefficient (Wildman–Crippen LogP) is 1.83. The SMILES string of the molecule is CCN1CCCC1CN(C)C1CCCC(C#N)(NC)C1. The highest BCUT2D eigenvalue weighted by molar-refractivity contribution is 5.10. The first kappa shape index (κ1) is 15.8. The van der Waals surface area contributed by atoms with E-state index < -0.39 is 0 Å². The van der Waals surface area contributed by atoms with Crippen LogP contribution < -0.4 is 5.32 Å². The molecule has 1 heterocycles.